The molecule has 0 radical (unpaired) electrons. The number of hydrogen-bond acceptors (Lipinski definition) is 14. The van der Waals surface area contributed by atoms with E-state index in [9.17, 15) is 13.7 Å². The van der Waals surface area contributed by atoms with Gasteiger partial charge in [0.1, 0.15) is 39.8 Å². The largest absolute Gasteiger partial charge is 0.487 e. The number of anilines is 2. The van der Waals surface area contributed by atoms with Gasteiger partial charge in [0, 0.05) is 43.3 Å². The Morgan fingerprint density at radius 3 is 2.55 bits per heavy atom. The second kappa shape index (κ2) is 15.7. The van der Waals surface area contributed by atoms with Gasteiger partial charge in [-0.2, -0.15) is 5.26 Å². The molecule has 16 nitrogen and oxygen atoms in total. The number of nitrogens with zero attached hydrogens (tertiary/aromatic N) is 10. The van der Waals surface area contributed by atoms with Crippen LogP contribution in [-0.2, 0) is 21.1 Å². The molecule has 0 amide bonds. The number of rotatable bonds is 14. The van der Waals surface area contributed by atoms with Gasteiger partial charge in [0.25, 0.3) is 5.88 Å². The first-order chi connectivity index (χ1) is 23.7. The summed E-state index contributed by atoms with van der Waals surface area (Å²) in [6.45, 7) is 6.06. The van der Waals surface area contributed by atoms with Crippen molar-refractivity contribution < 1.29 is 22.6 Å². The third-order valence-corrected chi connectivity index (χ3v) is 9.73. The molecule has 1 saturated carbocycles. The summed E-state index contributed by atoms with van der Waals surface area (Å²) >= 11 is 0. The van der Waals surface area contributed by atoms with Gasteiger partial charge < -0.3 is 19.5 Å². The average Bonchev–Trinajstić information content (AvgIpc) is 3.77. The Morgan fingerprint density at radius 2 is 1.86 bits per heavy atom. The van der Waals surface area contributed by atoms with Crippen LogP contribution in [0, 0.1) is 11.3 Å². The van der Waals surface area contributed by atoms with Crippen molar-refractivity contribution in [3.05, 3.63) is 48.7 Å². The van der Waals surface area contributed by atoms with Gasteiger partial charge in [-0.25, -0.2) is 23.1 Å². The zero-order valence-electron chi connectivity index (χ0n) is 27.7. The number of aromatic nitrogens is 8. The van der Waals surface area contributed by atoms with Gasteiger partial charge in [-0.1, -0.05) is 6.07 Å². The van der Waals surface area contributed by atoms with Crippen molar-refractivity contribution in [3.8, 4) is 28.8 Å². The maximum Gasteiger partial charge on any atom is 0.256 e. The summed E-state index contributed by atoms with van der Waals surface area (Å²) in [6, 6.07) is 8.28. The molecule has 1 N–H and O–H groups in total. The van der Waals surface area contributed by atoms with Crippen LogP contribution >= 0.6 is 0 Å². The van der Waals surface area contributed by atoms with Gasteiger partial charge in [-0.3, -0.25) is 9.58 Å². The molecule has 1 atom stereocenters. The second-order valence-electron chi connectivity index (χ2n) is 12.5. The minimum absolute atomic E-state index is 0.0346. The highest BCUT2D eigenvalue weighted by Crippen LogP contribution is 2.35. The standard InChI is InChI=1S/C32H41N11O5S/c1-23(20-42-22-36-39-40-42)48-30-16-24(4-5-25(30)17-33)26-18-34-32(35-19-26)37-29-21-43(38-31(29)47-12-3-15-49(2,44)45)28-8-6-27(7-9-28)41-10-13-46-14-11-41/h4-5,16,18-19,21-23,27-28H,3,6-15,20H2,1-2H3,(H,34,35,37). The van der Waals surface area contributed by atoms with Gasteiger partial charge in [-0.15, -0.1) is 10.2 Å². The maximum atomic E-state index is 11.6. The van der Waals surface area contributed by atoms with Crippen molar-refractivity contribution in [1.29, 1.82) is 5.26 Å². The highest BCUT2D eigenvalue weighted by Gasteiger charge is 2.29. The predicted molar refractivity (Wildman–Crippen MR) is 179 cm³/mol. The molecule has 1 unspecified atom stereocenters. The summed E-state index contributed by atoms with van der Waals surface area (Å²) in [5, 5.41) is 28.8. The fraction of sp³-hybridized carbons (Fsp3) is 0.531. The van der Waals surface area contributed by atoms with E-state index >= 15 is 0 Å². The molecule has 1 aliphatic heterocycles. The zero-order chi connectivity index (χ0) is 34.2. The smallest absolute Gasteiger partial charge is 0.256 e. The first-order valence-electron chi connectivity index (χ1n) is 16.5. The number of benzene rings is 1. The van der Waals surface area contributed by atoms with E-state index in [1.165, 1.54) is 12.6 Å². The van der Waals surface area contributed by atoms with Gasteiger partial charge in [0.05, 0.1) is 49.9 Å². The maximum absolute atomic E-state index is 11.6. The molecule has 49 heavy (non-hydrogen) atoms. The number of morpholine rings is 1. The van der Waals surface area contributed by atoms with Crippen molar-refractivity contribution in [1.82, 2.24) is 44.9 Å². The topological polar surface area (TPSA) is 188 Å². The molecule has 260 valence electrons. The lowest BCUT2D eigenvalue weighted by Gasteiger charge is -2.38. The quantitative estimate of drug-likeness (QED) is 0.190. The monoisotopic (exact) mass is 691 g/mol. The fourth-order valence-corrected chi connectivity index (χ4v) is 6.85. The fourth-order valence-electron chi connectivity index (χ4n) is 6.21. The molecule has 4 aromatic rings. The molecule has 2 aliphatic rings. The van der Waals surface area contributed by atoms with E-state index < -0.39 is 9.84 Å². The predicted octanol–water partition coefficient (Wildman–Crippen LogP) is 3.04. The van der Waals surface area contributed by atoms with Crippen LogP contribution in [0.1, 0.15) is 50.6 Å². The summed E-state index contributed by atoms with van der Waals surface area (Å²) in [4.78, 5) is 11.6. The number of tetrazole rings is 1. The molecule has 3 aromatic heterocycles. The van der Waals surface area contributed by atoms with Gasteiger partial charge in [0.2, 0.25) is 5.95 Å². The van der Waals surface area contributed by atoms with Crippen LogP contribution in [0.3, 0.4) is 0 Å². The Bertz CT molecular complexity index is 1810. The number of sulfone groups is 1. The Labute approximate surface area is 285 Å². The molecule has 0 spiro atoms. The summed E-state index contributed by atoms with van der Waals surface area (Å²) in [5.41, 5.74) is 2.53. The Morgan fingerprint density at radius 1 is 1.10 bits per heavy atom. The lowest BCUT2D eigenvalue weighted by atomic mass is 9.90. The highest BCUT2D eigenvalue weighted by molar-refractivity contribution is 7.90. The normalized spacial score (nSPS) is 19.2. The third kappa shape index (κ3) is 9.28. The Kier molecular flexibility index (Phi) is 11.0. The van der Waals surface area contributed by atoms with Crippen LogP contribution < -0.4 is 14.8 Å². The number of nitrogens with one attached hydrogen (secondary N) is 1. The lowest BCUT2D eigenvalue weighted by molar-refractivity contribution is 0.00503. The van der Waals surface area contributed by atoms with E-state index in [1.807, 2.05) is 23.9 Å². The van der Waals surface area contributed by atoms with Crippen LogP contribution in [0.5, 0.6) is 11.6 Å². The van der Waals surface area contributed by atoms with Crippen LogP contribution in [0.25, 0.3) is 11.1 Å². The number of nitriles is 1. The Balaban J connectivity index is 1.14. The van der Waals surface area contributed by atoms with Gasteiger partial charge >= 0.3 is 0 Å². The molecular weight excluding hydrogens is 650 g/mol. The molecule has 0 bridgehead atoms. The lowest BCUT2D eigenvalue weighted by Crippen LogP contribution is -2.45. The van der Waals surface area contributed by atoms with E-state index in [2.05, 4.69) is 41.8 Å². The molecule has 1 saturated heterocycles. The molecule has 4 heterocycles. The SMILES string of the molecule is CC(Cn1cnnn1)Oc1cc(-c2cnc(Nc3cn(C4CCC(N5CCOCC5)CC4)nc3OCCCS(C)(=O)=O)nc2)ccc1C#N. The summed E-state index contributed by atoms with van der Waals surface area (Å²) in [7, 11) is -3.10. The van der Waals surface area contributed by atoms with Crippen molar-refractivity contribution in [3.63, 3.8) is 0 Å². The van der Waals surface area contributed by atoms with Crippen LogP contribution in [0.2, 0.25) is 0 Å². The number of ether oxygens (including phenoxy) is 3. The van der Waals surface area contributed by atoms with Crippen LogP contribution in [0.4, 0.5) is 11.6 Å². The number of hydrogen-bond donors (Lipinski definition) is 1. The van der Waals surface area contributed by atoms with Crippen LogP contribution in [-0.4, -0.2) is 110 Å². The average molecular weight is 692 g/mol. The summed E-state index contributed by atoms with van der Waals surface area (Å²) in [6.07, 6.45) is 12.2. The van der Waals surface area contributed by atoms with Crippen molar-refractivity contribution >= 4 is 21.5 Å². The zero-order valence-corrected chi connectivity index (χ0v) is 28.5. The molecule has 6 rings (SSSR count). The first kappa shape index (κ1) is 34.2. The van der Waals surface area contributed by atoms with E-state index in [-0.39, 0.29) is 24.5 Å². The molecular formula is C32H41N11O5S. The summed E-state index contributed by atoms with van der Waals surface area (Å²) in [5.74, 6) is 1.20. The first-order valence-corrected chi connectivity index (χ1v) is 18.5. The second-order valence-corrected chi connectivity index (χ2v) is 14.7. The van der Waals surface area contributed by atoms with Crippen molar-refractivity contribution in [2.75, 3.05) is 50.2 Å². The van der Waals surface area contributed by atoms with Crippen LogP contribution in [0.15, 0.2) is 43.1 Å². The van der Waals surface area contributed by atoms with E-state index in [4.69, 9.17) is 19.3 Å². The van der Waals surface area contributed by atoms with Crippen molar-refractivity contribution in [2.24, 2.45) is 0 Å². The van der Waals surface area contributed by atoms with Gasteiger partial charge in [0.15, 0.2) is 0 Å². The summed E-state index contributed by atoms with van der Waals surface area (Å²) < 4.78 is 44.4. The van der Waals surface area contributed by atoms with E-state index in [0.29, 0.717) is 47.8 Å². The Hall–Kier alpha value is -4.66. The minimum Gasteiger partial charge on any atom is -0.487 e. The highest BCUT2D eigenvalue weighted by atomic mass is 32.2. The minimum atomic E-state index is -3.10. The van der Waals surface area contributed by atoms with E-state index in [1.54, 1.807) is 29.2 Å². The molecule has 1 aliphatic carbocycles. The van der Waals surface area contributed by atoms with E-state index in [0.717, 1.165) is 63.1 Å². The molecule has 2 fully saturated rings. The molecule has 1 aromatic carbocycles. The van der Waals surface area contributed by atoms with Crippen molar-refractivity contribution in [2.45, 2.75) is 63.8 Å². The van der Waals surface area contributed by atoms with Gasteiger partial charge in [-0.05, 0) is 67.2 Å². The third-order valence-electron chi connectivity index (χ3n) is 8.70. The molecule has 17 heteroatoms.